The first-order valence-corrected chi connectivity index (χ1v) is 13.1. The molecule has 8 nitrogen and oxygen atoms in total. The van der Waals surface area contributed by atoms with Crippen LogP contribution in [-0.4, -0.2) is 51.8 Å². The van der Waals surface area contributed by atoms with Crippen LogP contribution in [0.15, 0.2) is 30.5 Å². The highest BCUT2D eigenvalue weighted by atomic mass is 28.4. The van der Waals surface area contributed by atoms with E-state index in [0.29, 0.717) is 19.4 Å². The maximum atomic E-state index is 13.1. The number of hydrogen-bond acceptors (Lipinski definition) is 6. The fourth-order valence-corrected chi connectivity index (χ4v) is 7.66. The number of para-hydroxylation sites is 1. The lowest BCUT2D eigenvalue weighted by Crippen LogP contribution is -2.43. The molecule has 29 heavy (non-hydrogen) atoms. The number of carbonyl (C=O) groups is 1. The van der Waals surface area contributed by atoms with Crippen LogP contribution >= 0.6 is 0 Å². The topological polar surface area (TPSA) is 110 Å². The van der Waals surface area contributed by atoms with Gasteiger partial charge in [-0.25, -0.2) is 0 Å². The van der Waals surface area contributed by atoms with E-state index in [1.54, 1.807) is 4.68 Å². The molecule has 2 aliphatic rings. The Hall–Kier alpha value is -2.07. The number of anilines is 1. The number of aliphatic hydroxyl groups excluding tert-OH is 1. The Bertz CT molecular complexity index is 912. The number of aromatic nitrogens is 3. The third-order valence-corrected chi connectivity index (χ3v) is 8.75. The van der Waals surface area contributed by atoms with E-state index in [9.17, 15) is 9.59 Å². The number of fused-ring (bicyclic) bond motifs is 2. The monoisotopic (exact) mass is 416 g/mol. The summed E-state index contributed by atoms with van der Waals surface area (Å²) in [6, 6.07) is 7.64. The summed E-state index contributed by atoms with van der Waals surface area (Å²) in [5.74, 6) is -0.300. The normalized spacial score (nSPS) is 28.7. The van der Waals surface area contributed by atoms with Crippen molar-refractivity contribution in [2.45, 2.75) is 56.7 Å². The SMILES string of the molecule is C[C@@H]1[C@@H]([Si](C)(C)O)[C@H](CCn2cc(CCO)nn2)O[C@@]12C(=O)Nc1ccccc12. The van der Waals surface area contributed by atoms with E-state index < -0.39 is 13.9 Å². The molecular weight excluding hydrogens is 388 g/mol. The first-order chi connectivity index (χ1) is 13.8. The molecule has 156 valence electrons. The Labute approximate surface area is 171 Å². The molecule has 0 aliphatic carbocycles. The van der Waals surface area contributed by atoms with Gasteiger partial charge in [0.1, 0.15) is 0 Å². The predicted octanol–water partition coefficient (Wildman–Crippen LogP) is 1.65. The molecule has 1 saturated heterocycles. The Kier molecular flexibility index (Phi) is 5.10. The minimum absolute atomic E-state index is 0.0331. The zero-order valence-electron chi connectivity index (χ0n) is 17.0. The van der Waals surface area contributed by atoms with Gasteiger partial charge in [0.25, 0.3) is 5.91 Å². The molecule has 1 fully saturated rings. The van der Waals surface area contributed by atoms with E-state index in [2.05, 4.69) is 15.6 Å². The van der Waals surface area contributed by atoms with Gasteiger partial charge in [-0.15, -0.1) is 5.10 Å². The number of amides is 1. The minimum Gasteiger partial charge on any atom is -0.432 e. The van der Waals surface area contributed by atoms with Crippen LogP contribution in [0.25, 0.3) is 0 Å². The molecule has 9 heteroatoms. The molecule has 1 amide bonds. The van der Waals surface area contributed by atoms with Gasteiger partial charge in [-0.2, -0.15) is 0 Å². The first kappa shape index (κ1) is 20.2. The van der Waals surface area contributed by atoms with Crippen LogP contribution in [0.3, 0.4) is 0 Å². The quantitative estimate of drug-likeness (QED) is 0.618. The Balaban J connectivity index is 1.62. The molecule has 2 aromatic rings. The van der Waals surface area contributed by atoms with Gasteiger partial charge in [0.05, 0.1) is 11.8 Å². The maximum absolute atomic E-state index is 13.1. The highest BCUT2D eigenvalue weighted by Gasteiger charge is 2.64. The number of rotatable bonds is 6. The highest BCUT2D eigenvalue weighted by Crippen LogP contribution is 2.58. The molecule has 1 aromatic heterocycles. The van der Waals surface area contributed by atoms with Gasteiger partial charge in [-0.3, -0.25) is 9.48 Å². The molecule has 1 aromatic carbocycles. The first-order valence-electron chi connectivity index (χ1n) is 10.1. The van der Waals surface area contributed by atoms with Gasteiger partial charge in [0, 0.05) is 48.5 Å². The fraction of sp³-hybridized carbons (Fsp3) is 0.550. The summed E-state index contributed by atoms with van der Waals surface area (Å²) in [5.41, 5.74) is 1.21. The summed E-state index contributed by atoms with van der Waals surface area (Å²) in [5, 5.41) is 20.2. The standard InChI is InChI=1S/C20H28N4O4Si/c1-13-18(29(2,3)27)17(8-10-24-12-14(9-11-25)22-23-24)28-20(13)15-6-4-5-7-16(15)21-19(20)26/h4-7,12-13,17-18,25,27H,8-11H2,1-3H3,(H,21,26)/t13-,17+,18-,20+/m1/s1. The van der Waals surface area contributed by atoms with Crippen molar-refractivity contribution in [2.75, 3.05) is 11.9 Å². The van der Waals surface area contributed by atoms with Crippen LogP contribution in [0.2, 0.25) is 18.6 Å². The zero-order chi connectivity index (χ0) is 20.8. The molecule has 0 saturated carbocycles. The van der Waals surface area contributed by atoms with Crippen LogP contribution < -0.4 is 5.32 Å². The molecule has 4 atom stereocenters. The summed E-state index contributed by atoms with van der Waals surface area (Å²) < 4.78 is 8.27. The summed E-state index contributed by atoms with van der Waals surface area (Å²) >= 11 is 0. The van der Waals surface area contributed by atoms with Gasteiger partial charge in [0.2, 0.25) is 0 Å². The summed E-state index contributed by atoms with van der Waals surface area (Å²) in [4.78, 5) is 24.2. The second kappa shape index (κ2) is 7.32. The van der Waals surface area contributed by atoms with E-state index in [0.717, 1.165) is 16.9 Å². The number of nitrogens with one attached hydrogen (secondary N) is 1. The molecule has 1 spiro atoms. The van der Waals surface area contributed by atoms with E-state index in [-0.39, 0.29) is 30.1 Å². The number of aryl methyl sites for hydroxylation is 1. The number of hydrogen-bond donors (Lipinski definition) is 3. The van der Waals surface area contributed by atoms with Gasteiger partial charge in [-0.1, -0.05) is 30.3 Å². The van der Waals surface area contributed by atoms with Crippen molar-refractivity contribution < 1.29 is 19.4 Å². The average Bonchev–Trinajstić information content (AvgIpc) is 3.30. The van der Waals surface area contributed by atoms with Crippen molar-refractivity contribution >= 4 is 19.9 Å². The number of nitrogens with zero attached hydrogens (tertiary/aromatic N) is 3. The average molecular weight is 417 g/mol. The van der Waals surface area contributed by atoms with Gasteiger partial charge in [0.15, 0.2) is 13.9 Å². The number of benzene rings is 1. The van der Waals surface area contributed by atoms with Crippen LogP contribution in [0, 0.1) is 5.92 Å². The van der Waals surface area contributed by atoms with E-state index in [1.807, 2.05) is 50.5 Å². The fourth-order valence-electron chi connectivity index (χ4n) is 5.06. The second-order valence-corrected chi connectivity index (χ2v) is 12.6. The molecule has 0 radical (unpaired) electrons. The Morgan fingerprint density at radius 3 is 2.83 bits per heavy atom. The van der Waals surface area contributed by atoms with E-state index in [1.165, 1.54) is 0 Å². The molecule has 4 rings (SSSR count). The summed E-state index contributed by atoms with van der Waals surface area (Å²) in [7, 11) is -2.62. The van der Waals surface area contributed by atoms with Crippen LogP contribution in [-0.2, 0) is 28.1 Å². The molecule has 0 bridgehead atoms. The summed E-state index contributed by atoms with van der Waals surface area (Å²) in [6.07, 6.45) is 2.64. The smallest absolute Gasteiger partial charge is 0.261 e. The molecule has 3 heterocycles. The Morgan fingerprint density at radius 1 is 1.34 bits per heavy atom. The molecule has 0 unspecified atom stereocenters. The number of ether oxygens (including phenoxy) is 1. The molecule has 2 aliphatic heterocycles. The third-order valence-electron chi connectivity index (χ3n) is 6.24. The summed E-state index contributed by atoms with van der Waals surface area (Å²) in [6.45, 7) is 6.45. The number of aliphatic hydroxyl groups is 1. The van der Waals surface area contributed by atoms with Gasteiger partial charge < -0.3 is 20.0 Å². The Morgan fingerprint density at radius 2 is 2.10 bits per heavy atom. The van der Waals surface area contributed by atoms with Crippen molar-refractivity contribution in [1.29, 1.82) is 0 Å². The third kappa shape index (κ3) is 3.31. The lowest BCUT2D eigenvalue weighted by Gasteiger charge is -2.32. The zero-order valence-corrected chi connectivity index (χ0v) is 18.0. The van der Waals surface area contributed by atoms with Crippen LogP contribution in [0.1, 0.15) is 24.6 Å². The second-order valence-electron chi connectivity index (χ2n) is 8.60. The van der Waals surface area contributed by atoms with Gasteiger partial charge >= 0.3 is 0 Å². The van der Waals surface area contributed by atoms with Crippen molar-refractivity contribution in [1.82, 2.24) is 15.0 Å². The predicted molar refractivity (Wildman–Crippen MR) is 110 cm³/mol. The van der Waals surface area contributed by atoms with Crippen molar-refractivity contribution in [3.8, 4) is 0 Å². The molecular formula is C20H28N4O4Si. The van der Waals surface area contributed by atoms with E-state index >= 15 is 0 Å². The van der Waals surface area contributed by atoms with E-state index in [4.69, 9.17) is 9.84 Å². The van der Waals surface area contributed by atoms with Crippen molar-refractivity contribution in [2.24, 2.45) is 5.92 Å². The van der Waals surface area contributed by atoms with Crippen molar-refractivity contribution in [3.05, 3.63) is 41.7 Å². The minimum atomic E-state index is -2.62. The van der Waals surface area contributed by atoms with Crippen LogP contribution in [0.4, 0.5) is 5.69 Å². The molecule has 3 N–H and O–H groups in total. The number of carbonyl (C=O) groups excluding carboxylic acids is 1. The van der Waals surface area contributed by atoms with Crippen molar-refractivity contribution in [3.63, 3.8) is 0 Å². The van der Waals surface area contributed by atoms with Crippen LogP contribution in [0.5, 0.6) is 0 Å². The maximum Gasteiger partial charge on any atom is 0.261 e. The lowest BCUT2D eigenvalue weighted by molar-refractivity contribution is -0.143. The van der Waals surface area contributed by atoms with Gasteiger partial charge in [-0.05, 0) is 25.6 Å². The highest BCUT2D eigenvalue weighted by molar-refractivity contribution is 6.71. The lowest BCUT2D eigenvalue weighted by atomic mass is 9.82. The largest absolute Gasteiger partial charge is 0.432 e.